The lowest BCUT2D eigenvalue weighted by Crippen LogP contribution is -2.47. The van der Waals surface area contributed by atoms with Crippen LogP contribution in [0.5, 0.6) is 0 Å². The molecule has 4 nitrogen and oxygen atoms in total. The third-order valence-corrected chi connectivity index (χ3v) is 5.79. The molecule has 4 N–H and O–H groups in total. The van der Waals surface area contributed by atoms with E-state index in [4.69, 9.17) is 5.73 Å². The number of nitrogens with two attached hydrogens (primary N) is 1. The van der Waals surface area contributed by atoms with Crippen LogP contribution in [0.25, 0.3) is 0 Å². The van der Waals surface area contributed by atoms with Gasteiger partial charge in [-0.1, -0.05) is 24.3 Å². The first-order valence-corrected chi connectivity index (χ1v) is 7.97. The first-order valence-electron chi connectivity index (χ1n) is 7.97. The van der Waals surface area contributed by atoms with Gasteiger partial charge in [-0.15, -0.1) is 0 Å². The molecule has 0 saturated heterocycles. The second kappa shape index (κ2) is 4.82. The van der Waals surface area contributed by atoms with E-state index in [0.717, 1.165) is 24.0 Å². The average molecular weight is 286 g/mol. The molecule has 2 fully saturated rings. The molecule has 0 spiro atoms. The van der Waals surface area contributed by atoms with Gasteiger partial charge in [0, 0.05) is 12.5 Å². The standard InChI is InChI=1S/C17H22N2O2/c18-15-11-6-5-10(7-11)14(15)17(21)19-16-12-4-2-1-3-9(12)8-13(16)20/h1-4,10-11,13-16,20H,5-8,18H2,(H,19,21)/t10?,11?,13-,14?,15?,16+/m1/s1. The number of amides is 1. The molecule has 0 aliphatic heterocycles. The van der Waals surface area contributed by atoms with Crippen LogP contribution in [-0.4, -0.2) is 23.2 Å². The molecule has 1 aromatic carbocycles. The number of aliphatic hydroxyl groups is 1. The highest BCUT2D eigenvalue weighted by molar-refractivity contribution is 5.81. The van der Waals surface area contributed by atoms with E-state index in [9.17, 15) is 9.90 Å². The van der Waals surface area contributed by atoms with Crippen molar-refractivity contribution in [3.05, 3.63) is 35.4 Å². The molecule has 1 aromatic rings. The van der Waals surface area contributed by atoms with Crippen molar-refractivity contribution in [3.8, 4) is 0 Å². The zero-order chi connectivity index (χ0) is 14.6. The van der Waals surface area contributed by atoms with Gasteiger partial charge in [-0.2, -0.15) is 0 Å². The average Bonchev–Trinajstić information content (AvgIpc) is 3.13. The lowest BCUT2D eigenvalue weighted by atomic mass is 9.84. The number of benzene rings is 1. The van der Waals surface area contributed by atoms with Crippen molar-refractivity contribution in [2.75, 3.05) is 0 Å². The van der Waals surface area contributed by atoms with Gasteiger partial charge in [-0.25, -0.2) is 0 Å². The lowest BCUT2D eigenvalue weighted by molar-refractivity contribution is -0.128. The number of nitrogens with one attached hydrogen (secondary N) is 1. The van der Waals surface area contributed by atoms with Crippen molar-refractivity contribution >= 4 is 5.91 Å². The predicted octanol–water partition coefficient (Wildman–Crippen LogP) is 1.13. The maximum Gasteiger partial charge on any atom is 0.225 e. The fourth-order valence-corrected chi connectivity index (χ4v) is 4.72. The van der Waals surface area contributed by atoms with Crippen molar-refractivity contribution < 1.29 is 9.90 Å². The van der Waals surface area contributed by atoms with Crippen LogP contribution in [0.4, 0.5) is 0 Å². The van der Waals surface area contributed by atoms with E-state index in [1.54, 1.807) is 0 Å². The monoisotopic (exact) mass is 286 g/mol. The van der Waals surface area contributed by atoms with Crippen molar-refractivity contribution in [1.29, 1.82) is 0 Å². The molecule has 2 bridgehead atoms. The van der Waals surface area contributed by atoms with Crippen molar-refractivity contribution in [1.82, 2.24) is 5.32 Å². The van der Waals surface area contributed by atoms with Gasteiger partial charge in [0.1, 0.15) is 0 Å². The summed E-state index contributed by atoms with van der Waals surface area (Å²) in [5.41, 5.74) is 8.43. The first kappa shape index (κ1) is 13.3. The quantitative estimate of drug-likeness (QED) is 0.763. The van der Waals surface area contributed by atoms with Gasteiger partial charge in [0.25, 0.3) is 0 Å². The zero-order valence-electron chi connectivity index (χ0n) is 12.0. The molecule has 4 unspecified atom stereocenters. The summed E-state index contributed by atoms with van der Waals surface area (Å²) in [5, 5.41) is 13.3. The predicted molar refractivity (Wildman–Crippen MR) is 79.3 cm³/mol. The Hall–Kier alpha value is -1.39. The molecule has 3 aliphatic rings. The van der Waals surface area contributed by atoms with Crippen LogP contribution in [0.3, 0.4) is 0 Å². The van der Waals surface area contributed by atoms with Gasteiger partial charge in [0.15, 0.2) is 0 Å². The summed E-state index contributed by atoms with van der Waals surface area (Å²) in [7, 11) is 0. The van der Waals surface area contributed by atoms with Crippen LogP contribution in [0.2, 0.25) is 0 Å². The highest BCUT2D eigenvalue weighted by atomic mass is 16.3. The number of fused-ring (bicyclic) bond motifs is 3. The molecular weight excluding hydrogens is 264 g/mol. The summed E-state index contributed by atoms with van der Waals surface area (Å²) in [4.78, 5) is 12.7. The van der Waals surface area contributed by atoms with Crippen molar-refractivity contribution in [2.45, 2.75) is 43.9 Å². The minimum absolute atomic E-state index is 0.00228. The minimum Gasteiger partial charge on any atom is -0.390 e. The molecule has 2 saturated carbocycles. The third-order valence-electron chi connectivity index (χ3n) is 5.79. The van der Waals surface area contributed by atoms with Crippen molar-refractivity contribution in [3.63, 3.8) is 0 Å². The van der Waals surface area contributed by atoms with Crippen LogP contribution >= 0.6 is 0 Å². The highest BCUT2D eigenvalue weighted by Crippen LogP contribution is 2.48. The van der Waals surface area contributed by atoms with Gasteiger partial charge in [0.2, 0.25) is 5.91 Å². The highest BCUT2D eigenvalue weighted by Gasteiger charge is 2.49. The van der Waals surface area contributed by atoms with E-state index in [1.165, 1.54) is 6.42 Å². The molecule has 4 heteroatoms. The van der Waals surface area contributed by atoms with E-state index >= 15 is 0 Å². The molecule has 0 radical (unpaired) electrons. The van der Waals surface area contributed by atoms with Gasteiger partial charge < -0.3 is 16.2 Å². The normalized spacial score (nSPS) is 40.3. The molecule has 21 heavy (non-hydrogen) atoms. The molecule has 3 aliphatic carbocycles. The number of carbonyl (C=O) groups excluding carboxylic acids is 1. The number of hydrogen-bond donors (Lipinski definition) is 3. The van der Waals surface area contributed by atoms with E-state index in [2.05, 4.69) is 5.32 Å². The lowest BCUT2D eigenvalue weighted by Gasteiger charge is -2.29. The maximum absolute atomic E-state index is 12.7. The summed E-state index contributed by atoms with van der Waals surface area (Å²) < 4.78 is 0. The molecule has 0 aromatic heterocycles. The Labute approximate surface area is 124 Å². The fourth-order valence-electron chi connectivity index (χ4n) is 4.72. The molecular formula is C17H22N2O2. The van der Waals surface area contributed by atoms with Crippen LogP contribution < -0.4 is 11.1 Å². The molecule has 112 valence electrons. The number of carbonyl (C=O) groups is 1. The molecule has 4 rings (SSSR count). The Morgan fingerprint density at radius 1 is 1.24 bits per heavy atom. The number of aliphatic hydroxyl groups excluding tert-OH is 1. The Morgan fingerprint density at radius 2 is 2.00 bits per heavy atom. The second-order valence-electron chi connectivity index (χ2n) is 6.89. The summed E-state index contributed by atoms with van der Waals surface area (Å²) in [6.07, 6.45) is 3.48. The SMILES string of the molecule is NC1C2CCC(C2)C1C(=O)N[C@H]1c2ccccc2C[C@H]1O. The zero-order valence-corrected chi connectivity index (χ0v) is 12.0. The maximum atomic E-state index is 12.7. The largest absolute Gasteiger partial charge is 0.390 e. The molecule has 1 amide bonds. The van der Waals surface area contributed by atoms with Gasteiger partial charge in [0.05, 0.1) is 18.1 Å². The summed E-state index contributed by atoms with van der Waals surface area (Å²) in [6, 6.07) is 7.67. The summed E-state index contributed by atoms with van der Waals surface area (Å²) in [5.74, 6) is 0.935. The van der Waals surface area contributed by atoms with Gasteiger partial charge >= 0.3 is 0 Å². The first-order chi connectivity index (χ1) is 10.1. The number of hydrogen-bond acceptors (Lipinski definition) is 3. The van der Waals surface area contributed by atoms with E-state index in [0.29, 0.717) is 18.3 Å². The van der Waals surface area contributed by atoms with Crippen LogP contribution in [0, 0.1) is 17.8 Å². The fraction of sp³-hybridized carbons (Fsp3) is 0.588. The van der Waals surface area contributed by atoms with E-state index in [1.807, 2.05) is 24.3 Å². The van der Waals surface area contributed by atoms with Crippen LogP contribution in [-0.2, 0) is 11.2 Å². The van der Waals surface area contributed by atoms with Crippen LogP contribution in [0.1, 0.15) is 36.4 Å². The Kier molecular flexibility index (Phi) is 3.05. The van der Waals surface area contributed by atoms with Crippen LogP contribution in [0.15, 0.2) is 24.3 Å². The third kappa shape index (κ3) is 2.00. The smallest absolute Gasteiger partial charge is 0.225 e. The van der Waals surface area contributed by atoms with E-state index < -0.39 is 6.10 Å². The summed E-state index contributed by atoms with van der Waals surface area (Å²) >= 11 is 0. The van der Waals surface area contributed by atoms with Gasteiger partial charge in [-0.05, 0) is 42.2 Å². The van der Waals surface area contributed by atoms with E-state index in [-0.39, 0.29) is 23.9 Å². The topological polar surface area (TPSA) is 75.4 Å². The van der Waals surface area contributed by atoms with Crippen molar-refractivity contribution in [2.24, 2.45) is 23.5 Å². The Bertz CT molecular complexity index is 572. The summed E-state index contributed by atoms with van der Waals surface area (Å²) in [6.45, 7) is 0. The minimum atomic E-state index is -0.527. The Balaban J connectivity index is 1.53. The Morgan fingerprint density at radius 3 is 2.76 bits per heavy atom. The number of rotatable bonds is 2. The van der Waals surface area contributed by atoms with Gasteiger partial charge in [-0.3, -0.25) is 4.79 Å². The second-order valence-corrected chi connectivity index (χ2v) is 6.89. The molecule has 6 atom stereocenters. The molecule has 0 heterocycles.